The van der Waals surface area contributed by atoms with E-state index in [-0.39, 0.29) is 23.2 Å². The van der Waals surface area contributed by atoms with Crippen LogP contribution in [-0.4, -0.2) is 39.0 Å². The number of ether oxygens (including phenoxy) is 1. The zero-order valence-corrected chi connectivity index (χ0v) is 16.3. The Morgan fingerprint density at radius 3 is 2.58 bits per heavy atom. The van der Waals surface area contributed by atoms with E-state index in [9.17, 15) is 10.2 Å². The Morgan fingerprint density at radius 2 is 1.96 bits per heavy atom. The fourth-order valence-electron chi connectivity index (χ4n) is 3.75. The predicted octanol–water partition coefficient (Wildman–Crippen LogP) is 4.36. The first-order chi connectivity index (χ1) is 11.1. The van der Waals surface area contributed by atoms with Gasteiger partial charge in [-0.05, 0) is 63.9 Å². The Bertz CT molecular complexity index is 497. The maximum atomic E-state index is 10.7. The summed E-state index contributed by atoms with van der Waals surface area (Å²) in [6, 6.07) is 0. The van der Waals surface area contributed by atoms with Gasteiger partial charge in [0.15, 0.2) is 0 Å². The summed E-state index contributed by atoms with van der Waals surface area (Å²) in [5.41, 5.74) is -0.629. The van der Waals surface area contributed by atoms with Gasteiger partial charge in [-0.2, -0.15) is 0 Å². The third-order valence-corrected chi connectivity index (χ3v) is 6.49. The molecule has 2 heterocycles. The summed E-state index contributed by atoms with van der Waals surface area (Å²) in [6.45, 7) is 8.31. The van der Waals surface area contributed by atoms with Gasteiger partial charge in [0.1, 0.15) is 0 Å². The molecule has 0 aromatic rings. The summed E-state index contributed by atoms with van der Waals surface area (Å²) in [5, 5.41) is 20.1. The van der Waals surface area contributed by atoms with E-state index in [1.807, 2.05) is 19.1 Å². The molecular weight excluding hydrogens is 324 g/mol. The van der Waals surface area contributed by atoms with Gasteiger partial charge in [-0.1, -0.05) is 32.1 Å². The largest absolute Gasteiger partial charge is 0.392 e. The van der Waals surface area contributed by atoms with Crippen LogP contribution in [0.4, 0.5) is 0 Å². The molecule has 0 unspecified atom stereocenters. The third kappa shape index (κ3) is 4.43. The van der Waals surface area contributed by atoms with Crippen molar-refractivity contribution in [2.75, 3.05) is 6.61 Å². The highest BCUT2D eigenvalue weighted by Crippen LogP contribution is 2.47. The van der Waals surface area contributed by atoms with E-state index in [0.717, 1.165) is 37.7 Å². The van der Waals surface area contributed by atoms with Gasteiger partial charge >= 0.3 is 0 Å². The summed E-state index contributed by atoms with van der Waals surface area (Å²) < 4.78 is 6.57. The van der Waals surface area contributed by atoms with Gasteiger partial charge < -0.3 is 14.9 Å². The highest BCUT2D eigenvalue weighted by molar-refractivity contribution is 6.21. The second kappa shape index (κ2) is 7.49. The predicted molar refractivity (Wildman–Crippen MR) is 99.3 cm³/mol. The van der Waals surface area contributed by atoms with Crippen LogP contribution in [0.25, 0.3) is 0 Å². The van der Waals surface area contributed by atoms with E-state index in [4.69, 9.17) is 16.3 Å². The number of alkyl halides is 1. The van der Waals surface area contributed by atoms with Crippen molar-refractivity contribution in [2.45, 2.75) is 88.4 Å². The number of fused-ring (bicyclic) bond motifs is 2. The number of hydrogen-bond donors (Lipinski definition) is 2. The van der Waals surface area contributed by atoms with Gasteiger partial charge in [-0.15, -0.1) is 11.6 Å². The van der Waals surface area contributed by atoms with Crippen molar-refractivity contribution in [1.82, 2.24) is 0 Å². The van der Waals surface area contributed by atoms with E-state index in [1.165, 1.54) is 0 Å². The minimum atomic E-state index is -0.879. The number of halogens is 1. The molecule has 1 fully saturated rings. The molecule has 1 saturated heterocycles. The monoisotopic (exact) mass is 356 g/mol. The van der Waals surface area contributed by atoms with Crippen molar-refractivity contribution in [3.05, 3.63) is 23.8 Å². The van der Waals surface area contributed by atoms with Crippen LogP contribution in [0, 0.1) is 5.92 Å². The highest BCUT2D eigenvalue weighted by atomic mass is 35.5. The molecule has 24 heavy (non-hydrogen) atoms. The van der Waals surface area contributed by atoms with Crippen molar-refractivity contribution < 1.29 is 14.9 Å². The summed E-state index contributed by atoms with van der Waals surface area (Å²) in [5.74, 6) is 0.312. The molecule has 0 amide bonds. The summed E-state index contributed by atoms with van der Waals surface area (Å²) in [4.78, 5) is 0. The van der Waals surface area contributed by atoms with Crippen molar-refractivity contribution in [2.24, 2.45) is 5.92 Å². The molecule has 0 spiro atoms. The fraction of sp³-hybridized carbons (Fsp3) is 0.800. The lowest BCUT2D eigenvalue weighted by Crippen LogP contribution is -2.42. The molecule has 138 valence electrons. The van der Waals surface area contributed by atoms with Crippen molar-refractivity contribution in [1.29, 1.82) is 0 Å². The molecule has 2 bridgehead atoms. The van der Waals surface area contributed by atoms with Crippen LogP contribution >= 0.6 is 11.6 Å². The maximum absolute atomic E-state index is 10.7. The Kier molecular flexibility index (Phi) is 6.23. The summed E-state index contributed by atoms with van der Waals surface area (Å²) >= 11 is 6.73. The van der Waals surface area contributed by atoms with Crippen LogP contribution in [0.3, 0.4) is 0 Å². The fourth-order valence-corrected chi connectivity index (χ4v) is 4.01. The number of hydrogen-bond acceptors (Lipinski definition) is 3. The average Bonchev–Trinajstić information content (AvgIpc) is 2.88. The smallest absolute Gasteiger partial charge is 0.0895 e. The molecule has 0 aromatic carbocycles. The first-order valence-electron chi connectivity index (χ1n) is 9.18. The lowest BCUT2D eigenvalue weighted by atomic mass is 9.84. The third-order valence-electron chi connectivity index (χ3n) is 5.81. The Morgan fingerprint density at radius 1 is 1.25 bits per heavy atom. The molecule has 3 nitrogen and oxygen atoms in total. The molecule has 0 radical (unpaired) electrons. The van der Waals surface area contributed by atoms with Crippen LogP contribution in [0.5, 0.6) is 0 Å². The molecule has 2 N–H and O–H groups in total. The van der Waals surface area contributed by atoms with Crippen LogP contribution in [0.2, 0.25) is 0 Å². The normalized spacial score (nSPS) is 41.5. The summed E-state index contributed by atoms with van der Waals surface area (Å²) in [7, 11) is 0. The molecular formula is C20H33ClO3. The van der Waals surface area contributed by atoms with E-state index in [0.29, 0.717) is 12.3 Å². The molecule has 0 saturated carbocycles. The number of aliphatic hydroxyl groups excluding tert-OH is 1. The van der Waals surface area contributed by atoms with Crippen molar-refractivity contribution in [3.8, 4) is 0 Å². The van der Waals surface area contributed by atoms with Crippen molar-refractivity contribution >= 4 is 11.6 Å². The molecule has 2 aliphatic rings. The quantitative estimate of drug-likeness (QED) is 0.571. The molecule has 2 rings (SSSR count). The second-order valence-corrected chi connectivity index (χ2v) is 8.81. The number of allylic oxidation sites excluding steroid dienone is 1. The van der Waals surface area contributed by atoms with Gasteiger partial charge in [0.25, 0.3) is 0 Å². The first-order valence-corrected chi connectivity index (χ1v) is 9.62. The van der Waals surface area contributed by atoms with E-state index in [1.54, 1.807) is 0 Å². The molecule has 4 atom stereocenters. The van der Waals surface area contributed by atoms with Gasteiger partial charge in [0.05, 0.1) is 28.8 Å². The van der Waals surface area contributed by atoms with Gasteiger partial charge in [-0.3, -0.25) is 0 Å². The topological polar surface area (TPSA) is 49.7 Å². The lowest BCUT2D eigenvalue weighted by molar-refractivity contribution is -0.0932. The zero-order valence-electron chi connectivity index (χ0n) is 15.5. The molecule has 2 aliphatic heterocycles. The second-order valence-electron chi connectivity index (χ2n) is 8.28. The number of aliphatic hydroxyl groups is 2. The van der Waals surface area contributed by atoms with E-state index >= 15 is 0 Å². The first kappa shape index (κ1) is 20.0. The Balaban J connectivity index is 2.34. The number of rotatable bonds is 2. The highest BCUT2D eigenvalue weighted by Gasteiger charge is 2.50. The molecule has 0 aromatic heterocycles. The molecule has 4 heteroatoms. The SMILES string of the molecule is CC(C)[C@]12C=C[C@](C)(O)CCC=C(CO)CC[C@H](Cl)[C@](C)(CC1)O2. The Hall–Kier alpha value is -0.350. The maximum Gasteiger partial charge on any atom is 0.0895 e. The minimum absolute atomic E-state index is 0.0507. The standard InChI is InChI=1S/C20H33ClO3/c1-15(2)20-12-10-18(3,23)9-5-6-16(14-22)7-8-17(21)19(4,24-20)11-13-20/h6,10,12,15,17,22-23H,5,7-9,11,13-14H2,1-4H3/t17-,18+,19-,20-/m0/s1. The average molecular weight is 357 g/mol. The van der Waals surface area contributed by atoms with Gasteiger partial charge in [0.2, 0.25) is 0 Å². The van der Waals surface area contributed by atoms with Crippen LogP contribution in [0.15, 0.2) is 23.8 Å². The minimum Gasteiger partial charge on any atom is -0.392 e. The zero-order chi connectivity index (χ0) is 18.0. The van der Waals surface area contributed by atoms with E-state index < -0.39 is 5.60 Å². The van der Waals surface area contributed by atoms with Crippen LogP contribution in [-0.2, 0) is 4.74 Å². The van der Waals surface area contributed by atoms with Gasteiger partial charge in [0, 0.05) is 0 Å². The lowest BCUT2D eigenvalue weighted by Gasteiger charge is -2.37. The van der Waals surface area contributed by atoms with E-state index in [2.05, 4.69) is 26.8 Å². The van der Waals surface area contributed by atoms with Crippen LogP contribution in [0.1, 0.15) is 66.2 Å². The van der Waals surface area contributed by atoms with Gasteiger partial charge in [-0.25, -0.2) is 0 Å². The Labute approximate surface area is 151 Å². The van der Waals surface area contributed by atoms with Crippen LogP contribution < -0.4 is 0 Å². The van der Waals surface area contributed by atoms with Crippen molar-refractivity contribution in [3.63, 3.8) is 0 Å². The summed E-state index contributed by atoms with van der Waals surface area (Å²) in [6.07, 6.45) is 10.8. The molecule has 0 aliphatic carbocycles.